The molecular weight excluding hydrogens is 368 g/mol. The summed E-state index contributed by atoms with van der Waals surface area (Å²) in [5.41, 5.74) is 2.67. The SMILES string of the molecule is CCCCCCCCCCc1ccc2c(c1)S(=O)(=O)NC(c1ccccc1)N2. The Morgan fingerprint density at radius 2 is 1.54 bits per heavy atom. The van der Waals surface area contributed by atoms with E-state index in [1.165, 1.54) is 44.9 Å². The number of benzene rings is 2. The Hall–Kier alpha value is -1.85. The molecule has 1 aliphatic heterocycles. The molecule has 28 heavy (non-hydrogen) atoms. The van der Waals surface area contributed by atoms with Crippen LogP contribution in [0.2, 0.25) is 0 Å². The summed E-state index contributed by atoms with van der Waals surface area (Å²) in [5.74, 6) is 0. The van der Waals surface area contributed by atoms with Crippen molar-refractivity contribution < 1.29 is 8.42 Å². The second-order valence-corrected chi connectivity index (χ2v) is 9.35. The van der Waals surface area contributed by atoms with Crippen LogP contribution in [0.25, 0.3) is 0 Å². The first-order chi connectivity index (χ1) is 13.6. The van der Waals surface area contributed by atoms with Crippen LogP contribution in [-0.4, -0.2) is 8.42 Å². The molecule has 1 heterocycles. The highest BCUT2D eigenvalue weighted by Crippen LogP contribution is 2.32. The normalized spacial score (nSPS) is 17.7. The fourth-order valence-electron chi connectivity index (χ4n) is 3.73. The second-order valence-electron chi connectivity index (χ2n) is 7.66. The molecule has 0 amide bonds. The third-order valence-electron chi connectivity index (χ3n) is 5.36. The molecule has 0 saturated carbocycles. The predicted molar refractivity (Wildman–Crippen MR) is 116 cm³/mol. The van der Waals surface area contributed by atoms with E-state index in [1.807, 2.05) is 42.5 Å². The summed E-state index contributed by atoms with van der Waals surface area (Å²) >= 11 is 0. The van der Waals surface area contributed by atoms with E-state index in [0.29, 0.717) is 10.6 Å². The van der Waals surface area contributed by atoms with E-state index in [-0.39, 0.29) is 0 Å². The van der Waals surface area contributed by atoms with Crippen molar-refractivity contribution in [1.29, 1.82) is 0 Å². The topological polar surface area (TPSA) is 58.2 Å². The van der Waals surface area contributed by atoms with Gasteiger partial charge in [-0.15, -0.1) is 0 Å². The van der Waals surface area contributed by atoms with Crippen molar-refractivity contribution in [3.8, 4) is 0 Å². The molecular formula is C23H32N2O2S. The number of unbranched alkanes of at least 4 members (excludes halogenated alkanes) is 7. The van der Waals surface area contributed by atoms with E-state index in [1.54, 1.807) is 0 Å². The van der Waals surface area contributed by atoms with Crippen LogP contribution >= 0.6 is 0 Å². The zero-order chi connectivity index (χ0) is 19.8. The van der Waals surface area contributed by atoms with Crippen molar-refractivity contribution in [2.75, 3.05) is 5.32 Å². The smallest absolute Gasteiger partial charge is 0.244 e. The van der Waals surface area contributed by atoms with Crippen molar-refractivity contribution in [1.82, 2.24) is 4.72 Å². The lowest BCUT2D eigenvalue weighted by atomic mass is 10.0. The summed E-state index contributed by atoms with van der Waals surface area (Å²) < 4.78 is 28.3. The van der Waals surface area contributed by atoms with E-state index in [0.717, 1.165) is 24.0 Å². The van der Waals surface area contributed by atoms with Crippen LogP contribution in [0.15, 0.2) is 53.4 Å². The van der Waals surface area contributed by atoms with Gasteiger partial charge in [-0.3, -0.25) is 0 Å². The van der Waals surface area contributed by atoms with Gasteiger partial charge >= 0.3 is 0 Å². The zero-order valence-electron chi connectivity index (χ0n) is 16.8. The predicted octanol–water partition coefficient (Wildman–Crippen LogP) is 5.77. The van der Waals surface area contributed by atoms with Crippen molar-refractivity contribution >= 4 is 15.7 Å². The standard InChI is InChI=1S/C23H32N2O2S/c1-2-3-4-5-6-7-8-10-13-19-16-17-21-22(18-19)28(26,27)25-23(24-21)20-14-11-9-12-15-20/h9,11-12,14-18,23-25H,2-8,10,13H2,1H3. The van der Waals surface area contributed by atoms with Crippen LogP contribution in [0.3, 0.4) is 0 Å². The maximum Gasteiger partial charge on any atom is 0.244 e. The van der Waals surface area contributed by atoms with Gasteiger partial charge in [0.05, 0.1) is 5.69 Å². The lowest BCUT2D eigenvalue weighted by Crippen LogP contribution is -2.38. The highest BCUT2D eigenvalue weighted by Gasteiger charge is 2.30. The molecule has 5 heteroatoms. The van der Waals surface area contributed by atoms with E-state index < -0.39 is 16.2 Å². The molecule has 0 spiro atoms. The van der Waals surface area contributed by atoms with Gasteiger partial charge < -0.3 is 5.32 Å². The quantitative estimate of drug-likeness (QED) is 0.498. The molecule has 2 N–H and O–H groups in total. The number of hydrogen-bond acceptors (Lipinski definition) is 3. The van der Waals surface area contributed by atoms with Gasteiger partial charge in [-0.25, -0.2) is 8.42 Å². The molecule has 4 nitrogen and oxygen atoms in total. The number of anilines is 1. The maximum atomic E-state index is 12.8. The molecule has 2 aromatic rings. The first-order valence-corrected chi connectivity index (χ1v) is 12.1. The Morgan fingerprint density at radius 3 is 2.25 bits per heavy atom. The van der Waals surface area contributed by atoms with Crippen LogP contribution in [0.4, 0.5) is 5.69 Å². The number of sulfonamides is 1. The second kappa shape index (κ2) is 10.1. The fourth-order valence-corrected chi connectivity index (χ4v) is 5.08. The lowest BCUT2D eigenvalue weighted by molar-refractivity contribution is 0.561. The monoisotopic (exact) mass is 400 g/mol. The van der Waals surface area contributed by atoms with Gasteiger partial charge in [-0.05, 0) is 36.1 Å². The largest absolute Gasteiger partial charge is 0.364 e. The molecule has 0 radical (unpaired) electrons. The van der Waals surface area contributed by atoms with Crippen molar-refractivity contribution in [2.45, 2.75) is 75.8 Å². The first-order valence-electron chi connectivity index (χ1n) is 10.6. The van der Waals surface area contributed by atoms with E-state index in [4.69, 9.17) is 0 Å². The van der Waals surface area contributed by atoms with Crippen LogP contribution in [0.1, 0.15) is 75.6 Å². The zero-order valence-corrected chi connectivity index (χ0v) is 17.6. The average Bonchev–Trinajstić information content (AvgIpc) is 2.70. The van der Waals surface area contributed by atoms with Crippen LogP contribution < -0.4 is 10.0 Å². The highest BCUT2D eigenvalue weighted by molar-refractivity contribution is 7.89. The van der Waals surface area contributed by atoms with Crippen LogP contribution in [0, 0.1) is 0 Å². The number of fused-ring (bicyclic) bond motifs is 1. The Balaban J connectivity index is 1.56. The third kappa shape index (κ3) is 5.58. The van der Waals surface area contributed by atoms with E-state index >= 15 is 0 Å². The van der Waals surface area contributed by atoms with Gasteiger partial charge in [0.25, 0.3) is 0 Å². The summed E-state index contributed by atoms with van der Waals surface area (Å²) in [6.45, 7) is 2.24. The number of rotatable bonds is 10. The Bertz CT molecular complexity index is 850. The van der Waals surface area contributed by atoms with Gasteiger partial charge in [0.2, 0.25) is 10.0 Å². The van der Waals surface area contributed by atoms with Crippen LogP contribution in [0.5, 0.6) is 0 Å². The minimum Gasteiger partial charge on any atom is -0.364 e. The van der Waals surface area contributed by atoms with Gasteiger partial charge in [0, 0.05) is 0 Å². The summed E-state index contributed by atoms with van der Waals surface area (Å²) in [6, 6.07) is 15.4. The lowest BCUT2D eigenvalue weighted by Gasteiger charge is -2.28. The molecule has 1 atom stereocenters. The maximum absolute atomic E-state index is 12.8. The molecule has 3 rings (SSSR count). The number of hydrogen-bond donors (Lipinski definition) is 2. The molecule has 0 bridgehead atoms. The highest BCUT2D eigenvalue weighted by atomic mass is 32.2. The number of aryl methyl sites for hydroxylation is 1. The van der Waals surface area contributed by atoms with Crippen LogP contribution in [-0.2, 0) is 16.4 Å². The summed E-state index contributed by atoms with van der Waals surface area (Å²) in [5, 5.41) is 3.31. The van der Waals surface area contributed by atoms with Gasteiger partial charge in [-0.2, -0.15) is 4.72 Å². The van der Waals surface area contributed by atoms with Gasteiger partial charge in [-0.1, -0.05) is 88.3 Å². The minimum atomic E-state index is -3.52. The Kier molecular flexibility index (Phi) is 7.51. The molecule has 1 aliphatic rings. The molecule has 2 aromatic carbocycles. The Morgan fingerprint density at radius 1 is 0.857 bits per heavy atom. The van der Waals surface area contributed by atoms with Crippen molar-refractivity contribution in [3.63, 3.8) is 0 Å². The fraction of sp³-hybridized carbons (Fsp3) is 0.478. The van der Waals surface area contributed by atoms with Gasteiger partial charge in [0.15, 0.2) is 0 Å². The summed E-state index contributed by atoms with van der Waals surface area (Å²) in [4.78, 5) is 0.358. The summed E-state index contributed by atoms with van der Waals surface area (Å²) in [6.07, 6.45) is 10.7. The minimum absolute atomic E-state index is 0.358. The molecule has 0 fully saturated rings. The molecule has 0 aliphatic carbocycles. The Labute approximate surface area is 169 Å². The molecule has 1 unspecified atom stereocenters. The molecule has 152 valence electrons. The molecule has 0 aromatic heterocycles. The van der Waals surface area contributed by atoms with E-state index in [9.17, 15) is 8.42 Å². The van der Waals surface area contributed by atoms with Crippen molar-refractivity contribution in [3.05, 3.63) is 59.7 Å². The molecule has 0 saturated heterocycles. The van der Waals surface area contributed by atoms with Crippen molar-refractivity contribution in [2.24, 2.45) is 0 Å². The first kappa shape index (κ1) is 20.9. The summed E-state index contributed by atoms with van der Waals surface area (Å²) in [7, 11) is -3.52. The number of nitrogens with one attached hydrogen (secondary N) is 2. The van der Waals surface area contributed by atoms with Gasteiger partial charge in [0.1, 0.15) is 11.1 Å². The average molecular weight is 401 g/mol. The third-order valence-corrected chi connectivity index (χ3v) is 6.82. The van der Waals surface area contributed by atoms with E-state index in [2.05, 4.69) is 23.0 Å².